The van der Waals surface area contributed by atoms with E-state index in [0.717, 1.165) is 22.8 Å². The third-order valence-corrected chi connectivity index (χ3v) is 6.18. The van der Waals surface area contributed by atoms with Gasteiger partial charge in [-0.1, -0.05) is 29.8 Å². The number of aryl methyl sites for hydroxylation is 1. The Balaban J connectivity index is 1.66. The van der Waals surface area contributed by atoms with Gasteiger partial charge in [0, 0.05) is 29.5 Å². The van der Waals surface area contributed by atoms with Gasteiger partial charge >= 0.3 is 5.97 Å². The molecule has 1 saturated heterocycles. The number of thiocarbonyl (C=S) groups is 1. The Hall–Kier alpha value is -3.97. The van der Waals surface area contributed by atoms with Gasteiger partial charge < -0.3 is 19.9 Å². The van der Waals surface area contributed by atoms with Crippen LogP contribution in [0.4, 0.5) is 5.69 Å². The van der Waals surface area contributed by atoms with Gasteiger partial charge in [-0.15, -0.1) is 0 Å². The van der Waals surface area contributed by atoms with E-state index in [-0.39, 0.29) is 17.6 Å². The zero-order chi connectivity index (χ0) is 22.9. The molecule has 3 heterocycles. The fourth-order valence-electron chi connectivity index (χ4n) is 4.30. The molecule has 2 aromatic carbocycles. The van der Waals surface area contributed by atoms with Crippen molar-refractivity contribution in [3.05, 3.63) is 114 Å². The van der Waals surface area contributed by atoms with E-state index in [1.54, 1.807) is 24.4 Å². The monoisotopic (exact) mass is 454 g/mol. The molecule has 0 spiro atoms. The Morgan fingerprint density at radius 1 is 1.00 bits per heavy atom. The number of rotatable bonds is 5. The van der Waals surface area contributed by atoms with E-state index >= 15 is 0 Å². The first-order chi connectivity index (χ1) is 16.0. The molecular formula is C26H22N4O2S. The topological polar surface area (TPSA) is 70.4 Å². The molecule has 0 aliphatic carbocycles. The number of anilines is 1. The summed E-state index contributed by atoms with van der Waals surface area (Å²) in [6.45, 7) is 2.05. The molecule has 7 heteroatoms. The average Bonchev–Trinajstić information content (AvgIpc) is 3.44. The second-order valence-corrected chi connectivity index (χ2v) is 8.38. The lowest BCUT2D eigenvalue weighted by Gasteiger charge is -2.29. The van der Waals surface area contributed by atoms with Crippen LogP contribution < -0.4 is 10.2 Å². The SMILES string of the molecule is Cc1ccc(N2C(=S)N[C@H](c3ccccn3)[C@@H]2c2cccn2-c2cccc(C(=O)O)c2)cc1. The lowest BCUT2D eigenvalue weighted by atomic mass is 10.0. The summed E-state index contributed by atoms with van der Waals surface area (Å²) < 4.78 is 2.02. The largest absolute Gasteiger partial charge is 0.478 e. The van der Waals surface area contributed by atoms with Crippen molar-refractivity contribution in [2.24, 2.45) is 0 Å². The minimum absolute atomic E-state index is 0.184. The van der Waals surface area contributed by atoms with Crippen LogP contribution in [0, 0.1) is 6.92 Å². The number of aromatic carboxylic acids is 1. The van der Waals surface area contributed by atoms with Crippen LogP contribution >= 0.6 is 12.2 Å². The summed E-state index contributed by atoms with van der Waals surface area (Å²) in [5, 5.41) is 13.6. The van der Waals surface area contributed by atoms with E-state index in [2.05, 4.69) is 46.4 Å². The van der Waals surface area contributed by atoms with E-state index in [4.69, 9.17) is 12.2 Å². The van der Waals surface area contributed by atoms with Crippen LogP contribution in [0.15, 0.2) is 91.3 Å². The molecule has 1 fully saturated rings. The molecule has 2 aromatic heterocycles. The van der Waals surface area contributed by atoms with Crippen molar-refractivity contribution in [3.63, 3.8) is 0 Å². The number of carboxylic acid groups (broad SMARTS) is 1. The maximum atomic E-state index is 11.6. The highest BCUT2D eigenvalue weighted by Crippen LogP contribution is 2.42. The summed E-state index contributed by atoms with van der Waals surface area (Å²) in [6.07, 6.45) is 3.72. The molecule has 164 valence electrons. The lowest BCUT2D eigenvalue weighted by Crippen LogP contribution is -2.30. The summed E-state index contributed by atoms with van der Waals surface area (Å²) >= 11 is 5.80. The Kier molecular flexibility index (Phi) is 5.40. The molecule has 4 aromatic rings. The molecule has 5 rings (SSSR count). The van der Waals surface area contributed by atoms with Crippen LogP contribution in [0.1, 0.15) is 39.4 Å². The number of carbonyl (C=O) groups is 1. The van der Waals surface area contributed by atoms with Gasteiger partial charge in [0.25, 0.3) is 0 Å². The predicted molar refractivity (Wildman–Crippen MR) is 132 cm³/mol. The summed E-state index contributed by atoms with van der Waals surface area (Å²) in [6, 6.07) is 24.7. The molecule has 1 aliphatic rings. The van der Waals surface area contributed by atoms with Gasteiger partial charge in [0.1, 0.15) is 6.04 Å². The normalized spacial score (nSPS) is 17.7. The van der Waals surface area contributed by atoms with Crippen molar-refractivity contribution < 1.29 is 9.90 Å². The third-order valence-electron chi connectivity index (χ3n) is 5.86. The van der Waals surface area contributed by atoms with Crippen LogP contribution in [0.2, 0.25) is 0 Å². The van der Waals surface area contributed by atoms with Gasteiger partial charge in [0.15, 0.2) is 5.11 Å². The molecule has 2 N–H and O–H groups in total. The first kappa shape index (κ1) is 20.9. The molecular weight excluding hydrogens is 432 g/mol. The van der Waals surface area contributed by atoms with Crippen molar-refractivity contribution in [2.75, 3.05) is 4.90 Å². The summed E-state index contributed by atoms with van der Waals surface area (Å²) in [7, 11) is 0. The van der Waals surface area contributed by atoms with Crippen molar-refractivity contribution >= 4 is 29.0 Å². The lowest BCUT2D eigenvalue weighted by molar-refractivity contribution is 0.0697. The predicted octanol–water partition coefficient (Wildman–Crippen LogP) is 5.06. The van der Waals surface area contributed by atoms with Gasteiger partial charge in [-0.25, -0.2) is 4.79 Å². The number of aromatic nitrogens is 2. The molecule has 2 atom stereocenters. The standard InChI is InChI=1S/C26H22N4O2S/c1-17-10-12-19(13-11-17)30-24(23(28-26(30)33)21-8-2-3-14-27-21)22-9-5-15-29(22)20-7-4-6-18(16-20)25(31)32/h2-16,23-24H,1H3,(H,28,33)(H,31,32)/t23-,24+/m1/s1. The quantitative estimate of drug-likeness (QED) is 0.411. The molecule has 0 amide bonds. The van der Waals surface area contributed by atoms with Crippen LogP contribution in [-0.4, -0.2) is 25.7 Å². The second-order valence-electron chi connectivity index (χ2n) is 7.99. The summed E-state index contributed by atoms with van der Waals surface area (Å²) in [5.41, 5.74) is 5.02. The van der Waals surface area contributed by atoms with E-state index in [9.17, 15) is 9.90 Å². The second kappa shape index (κ2) is 8.52. The number of hydrogen-bond acceptors (Lipinski definition) is 3. The van der Waals surface area contributed by atoms with Crippen LogP contribution in [0.25, 0.3) is 5.69 Å². The van der Waals surface area contributed by atoms with Gasteiger partial charge in [-0.2, -0.15) is 0 Å². The fourth-order valence-corrected chi connectivity index (χ4v) is 4.64. The Morgan fingerprint density at radius 2 is 1.82 bits per heavy atom. The van der Waals surface area contributed by atoms with Crippen molar-refractivity contribution in [1.82, 2.24) is 14.9 Å². The fraction of sp³-hybridized carbons (Fsp3) is 0.115. The molecule has 6 nitrogen and oxygen atoms in total. The maximum Gasteiger partial charge on any atom is 0.335 e. The molecule has 1 aliphatic heterocycles. The Morgan fingerprint density at radius 3 is 2.55 bits per heavy atom. The van der Waals surface area contributed by atoms with E-state index in [1.165, 1.54) is 5.56 Å². The highest BCUT2D eigenvalue weighted by molar-refractivity contribution is 7.80. The first-order valence-electron chi connectivity index (χ1n) is 10.6. The van der Waals surface area contributed by atoms with E-state index in [0.29, 0.717) is 5.11 Å². The summed E-state index contributed by atoms with van der Waals surface area (Å²) in [4.78, 5) is 18.3. The molecule has 0 radical (unpaired) electrons. The number of nitrogens with zero attached hydrogens (tertiary/aromatic N) is 3. The zero-order valence-corrected chi connectivity index (χ0v) is 18.7. The van der Waals surface area contributed by atoms with E-state index < -0.39 is 5.97 Å². The molecule has 0 bridgehead atoms. The highest BCUT2D eigenvalue weighted by Gasteiger charge is 2.42. The Labute approximate surface area is 197 Å². The smallest absolute Gasteiger partial charge is 0.335 e. The Bertz CT molecular complexity index is 1320. The van der Waals surface area contributed by atoms with Gasteiger partial charge in [-0.3, -0.25) is 4.98 Å². The minimum atomic E-state index is -0.957. The van der Waals surface area contributed by atoms with Gasteiger partial charge in [-0.05, 0) is 73.7 Å². The van der Waals surface area contributed by atoms with E-state index in [1.807, 2.05) is 47.2 Å². The minimum Gasteiger partial charge on any atom is -0.478 e. The van der Waals surface area contributed by atoms with Crippen LogP contribution in [0.5, 0.6) is 0 Å². The number of pyridine rings is 1. The van der Waals surface area contributed by atoms with Gasteiger partial charge in [0.2, 0.25) is 0 Å². The molecule has 0 unspecified atom stereocenters. The maximum absolute atomic E-state index is 11.6. The molecule has 33 heavy (non-hydrogen) atoms. The third kappa shape index (κ3) is 3.87. The van der Waals surface area contributed by atoms with Crippen LogP contribution in [-0.2, 0) is 0 Å². The molecule has 0 saturated carbocycles. The zero-order valence-electron chi connectivity index (χ0n) is 17.9. The average molecular weight is 455 g/mol. The van der Waals surface area contributed by atoms with Crippen LogP contribution in [0.3, 0.4) is 0 Å². The summed E-state index contributed by atoms with van der Waals surface area (Å²) in [5.74, 6) is -0.957. The highest BCUT2D eigenvalue weighted by atomic mass is 32.1. The van der Waals surface area contributed by atoms with Crippen molar-refractivity contribution in [3.8, 4) is 5.69 Å². The number of hydrogen-bond donors (Lipinski definition) is 2. The first-order valence-corrected chi connectivity index (χ1v) is 11.0. The number of benzene rings is 2. The number of nitrogens with one attached hydrogen (secondary N) is 1. The number of carboxylic acids is 1. The van der Waals surface area contributed by atoms with Crippen molar-refractivity contribution in [2.45, 2.75) is 19.0 Å². The van der Waals surface area contributed by atoms with Crippen molar-refractivity contribution in [1.29, 1.82) is 0 Å². The van der Waals surface area contributed by atoms with Gasteiger partial charge in [0.05, 0.1) is 17.3 Å².